The first-order valence-electron chi connectivity index (χ1n) is 11.9. The molecule has 2 aliphatic heterocycles. The van der Waals surface area contributed by atoms with Crippen LogP contribution >= 0.6 is 0 Å². The van der Waals surface area contributed by atoms with Crippen molar-refractivity contribution in [1.82, 2.24) is 9.80 Å². The topological polar surface area (TPSA) is 26.7 Å². The molecule has 0 amide bonds. The van der Waals surface area contributed by atoms with Gasteiger partial charge in [-0.1, -0.05) is 49.1 Å². The Morgan fingerprint density at radius 2 is 1.21 bits per heavy atom. The van der Waals surface area contributed by atoms with Crippen LogP contribution in [0.4, 0.5) is 0 Å². The molecule has 1 aliphatic carbocycles. The quantitative estimate of drug-likeness (QED) is 0.805. The Morgan fingerprint density at radius 3 is 1.68 bits per heavy atom. The van der Waals surface area contributed by atoms with E-state index < -0.39 is 5.60 Å². The minimum atomic E-state index is -0.680. The second-order valence-corrected chi connectivity index (χ2v) is 9.74. The van der Waals surface area contributed by atoms with Crippen LogP contribution in [-0.4, -0.2) is 54.2 Å². The van der Waals surface area contributed by atoms with E-state index in [4.69, 9.17) is 0 Å². The van der Waals surface area contributed by atoms with Crippen LogP contribution in [-0.2, 0) is 5.60 Å². The van der Waals surface area contributed by atoms with Gasteiger partial charge in [-0.05, 0) is 77.2 Å². The van der Waals surface area contributed by atoms with Gasteiger partial charge in [0, 0.05) is 24.9 Å². The largest absolute Gasteiger partial charge is 0.384 e. The minimum Gasteiger partial charge on any atom is -0.384 e. The lowest BCUT2D eigenvalue weighted by Gasteiger charge is -2.49. The molecule has 1 N–H and O–H groups in total. The normalized spacial score (nSPS) is 33.1. The predicted octanol–water partition coefficient (Wildman–Crippen LogP) is 4.57. The molecule has 3 fully saturated rings. The Labute approximate surface area is 172 Å². The average Bonchev–Trinajstić information content (AvgIpc) is 2.73. The summed E-state index contributed by atoms with van der Waals surface area (Å²) in [5.74, 6) is 0.716. The lowest BCUT2D eigenvalue weighted by atomic mass is 9.64. The number of hydrogen-bond acceptors (Lipinski definition) is 3. The first kappa shape index (κ1) is 20.4. The molecule has 1 saturated carbocycles. The van der Waals surface area contributed by atoms with Gasteiger partial charge in [0.25, 0.3) is 0 Å². The summed E-state index contributed by atoms with van der Waals surface area (Å²) in [5, 5.41) is 12.4. The van der Waals surface area contributed by atoms with E-state index in [1.807, 2.05) is 0 Å². The zero-order valence-corrected chi connectivity index (χ0v) is 17.9. The van der Waals surface area contributed by atoms with E-state index in [1.165, 1.54) is 82.3 Å². The van der Waals surface area contributed by atoms with Gasteiger partial charge in [0.2, 0.25) is 0 Å². The molecule has 1 aromatic rings. The standard InChI is InChI=1S/C25H40N2O/c1-21-11-13-22(14-12-21)25(28)23(19-26-15-4-2-5-16-26)9-8-10-24(25)20-27-17-6-3-7-18-27/h11-14,23-24,28H,2-10,15-20H2,1H3. The van der Waals surface area contributed by atoms with Gasteiger partial charge in [0.05, 0.1) is 5.60 Å². The zero-order valence-electron chi connectivity index (χ0n) is 17.9. The summed E-state index contributed by atoms with van der Waals surface area (Å²) in [6.07, 6.45) is 11.7. The Morgan fingerprint density at radius 1 is 0.750 bits per heavy atom. The van der Waals surface area contributed by atoms with Gasteiger partial charge >= 0.3 is 0 Å². The van der Waals surface area contributed by atoms with Gasteiger partial charge in [0.15, 0.2) is 0 Å². The van der Waals surface area contributed by atoms with Crippen molar-refractivity contribution in [2.45, 2.75) is 70.3 Å². The number of rotatable bonds is 5. The maximum atomic E-state index is 12.4. The number of aryl methyl sites for hydroxylation is 1. The number of hydrogen-bond donors (Lipinski definition) is 1. The third-order valence-electron chi connectivity index (χ3n) is 7.72. The van der Waals surface area contributed by atoms with Crippen LogP contribution in [0.5, 0.6) is 0 Å². The van der Waals surface area contributed by atoms with E-state index in [9.17, 15) is 5.11 Å². The second-order valence-electron chi connectivity index (χ2n) is 9.74. The van der Waals surface area contributed by atoms with Crippen LogP contribution in [0.3, 0.4) is 0 Å². The van der Waals surface area contributed by atoms with Crippen molar-refractivity contribution in [3.05, 3.63) is 35.4 Å². The number of piperidine rings is 2. The Hall–Kier alpha value is -0.900. The van der Waals surface area contributed by atoms with Gasteiger partial charge in [-0.2, -0.15) is 0 Å². The third-order valence-corrected chi connectivity index (χ3v) is 7.72. The lowest BCUT2D eigenvalue weighted by molar-refractivity contribution is -0.119. The highest BCUT2D eigenvalue weighted by molar-refractivity contribution is 5.29. The van der Waals surface area contributed by atoms with E-state index in [2.05, 4.69) is 41.0 Å². The molecule has 3 heteroatoms. The van der Waals surface area contributed by atoms with Crippen LogP contribution in [0, 0.1) is 18.8 Å². The minimum absolute atomic E-state index is 0.358. The number of likely N-dealkylation sites (tertiary alicyclic amines) is 2. The molecule has 1 aromatic carbocycles. The molecule has 3 aliphatic rings. The highest BCUT2D eigenvalue weighted by atomic mass is 16.3. The highest BCUT2D eigenvalue weighted by Gasteiger charge is 2.48. The Kier molecular flexibility index (Phi) is 6.75. The summed E-state index contributed by atoms with van der Waals surface area (Å²) < 4.78 is 0. The maximum absolute atomic E-state index is 12.4. The van der Waals surface area contributed by atoms with E-state index >= 15 is 0 Å². The van der Waals surface area contributed by atoms with Crippen LogP contribution < -0.4 is 0 Å². The SMILES string of the molecule is Cc1ccc(C2(O)C(CN3CCCCC3)CCCC2CN2CCCCC2)cc1. The van der Waals surface area contributed by atoms with Gasteiger partial charge in [-0.3, -0.25) is 0 Å². The van der Waals surface area contributed by atoms with Gasteiger partial charge < -0.3 is 14.9 Å². The van der Waals surface area contributed by atoms with Crippen LogP contribution in [0.1, 0.15) is 68.9 Å². The summed E-state index contributed by atoms with van der Waals surface area (Å²) >= 11 is 0. The van der Waals surface area contributed by atoms with E-state index in [1.54, 1.807) is 0 Å². The highest BCUT2D eigenvalue weighted by Crippen LogP contribution is 2.47. The smallest absolute Gasteiger partial charge is 0.0976 e. The van der Waals surface area contributed by atoms with Crippen molar-refractivity contribution in [2.75, 3.05) is 39.3 Å². The fraction of sp³-hybridized carbons (Fsp3) is 0.760. The second kappa shape index (κ2) is 9.28. The number of nitrogens with zero attached hydrogens (tertiary/aromatic N) is 2. The summed E-state index contributed by atoms with van der Waals surface area (Å²) in [4.78, 5) is 5.27. The van der Waals surface area contributed by atoms with Crippen molar-refractivity contribution in [3.63, 3.8) is 0 Å². The molecule has 4 rings (SSSR count). The lowest BCUT2D eigenvalue weighted by Crippen LogP contribution is -2.53. The molecule has 0 radical (unpaired) electrons. The molecule has 0 aromatic heterocycles. The molecule has 0 bridgehead atoms. The molecule has 0 spiro atoms. The summed E-state index contributed by atoms with van der Waals surface area (Å²) in [6.45, 7) is 9.16. The molecule has 2 unspecified atom stereocenters. The van der Waals surface area contributed by atoms with Gasteiger partial charge in [0.1, 0.15) is 0 Å². The van der Waals surface area contributed by atoms with Gasteiger partial charge in [-0.15, -0.1) is 0 Å². The first-order valence-corrected chi connectivity index (χ1v) is 11.9. The molecule has 2 atom stereocenters. The first-order chi connectivity index (χ1) is 13.7. The fourth-order valence-electron chi connectivity index (χ4n) is 6.04. The number of aliphatic hydroxyl groups is 1. The van der Waals surface area contributed by atoms with Gasteiger partial charge in [-0.25, -0.2) is 0 Å². The maximum Gasteiger partial charge on any atom is 0.0976 e. The Balaban J connectivity index is 1.58. The van der Waals surface area contributed by atoms with Crippen molar-refractivity contribution in [3.8, 4) is 0 Å². The molecular formula is C25H40N2O. The zero-order chi connectivity index (χ0) is 19.4. The molecular weight excluding hydrogens is 344 g/mol. The molecule has 3 nitrogen and oxygen atoms in total. The van der Waals surface area contributed by atoms with Crippen molar-refractivity contribution < 1.29 is 5.11 Å². The van der Waals surface area contributed by atoms with Crippen LogP contribution in [0.15, 0.2) is 24.3 Å². The summed E-state index contributed by atoms with van der Waals surface area (Å²) in [6, 6.07) is 8.82. The molecule has 28 heavy (non-hydrogen) atoms. The van der Waals surface area contributed by atoms with E-state index in [-0.39, 0.29) is 0 Å². The molecule has 2 heterocycles. The fourth-order valence-corrected chi connectivity index (χ4v) is 6.04. The average molecular weight is 385 g/mol. The molecule has 156 valence electrons. The monoisotopic (exact) mass is 384 g/mol. The summed E-state index contributed by atoms with van der Waals surface area (Å²) in [7, 11) is 0. The van der Waals surface area contributed by atoms with E-state index in [0.717, 1.165) is 25.9 Å². The molecule has 2 saturated heterocycles. The number of benzene rings is 1. The third kappa shape index (κ3) is 4.47. The van der Waals surface area contributed by atoms with E-state index in [0.29, 0.717) is 11.8 Å². The van der Waals surface area contributed by atoms with Crippen LogP contribution in [0.2, 0.25) is 0 Å². The van der Waals surface area contributed by atoms with Crippen molar-refractivity contribution in [1.29, 1.82) is 0 Å². The summed E-state index contributed by atoms with van der Waals surface area (Å²) in [5.41, 5.74) is 1.77. The van der Waals surface area contributed by atoms with Crippen molar-refractivity contribution in [2.24, 2.45) is 11.8 Å². The predicted molar refractivity (Wildman–Crippen MR) is 116 cm³/mol. The van der Waals surface area contributed by atoms with Crippen molar-refractivity contribution >= 4 is 0 Å². The Bertz CT molecular complexity index is 573. The van der Waals surface area contributed by atoms with Crippen LogP contribution in [0.25, 0.3) is 0 Å².